The third-order valence-electron chi connectivity index (χ3n) is 4.38. The summed E-state index contributed by atoms with van der Waals surface area (Å²) in [6.45, 7) is -2.90. The Labute approximate surface area is 181 Å². The molecule has 0 saturated carbocycles. The maximum absolute atomic E-state index is 12.5. The second-order valence-corrected chi connectivity index (χ2v) is 7.44. The predicted octanol–water partition coefficient (Wildman–Crippen LogP) is 5.63. The van der Waals surface area contributed by atoms with E-state index in [9.17, 15) is 13.6 Å². The summed E-state index contributed by atoms with van der Waals surface area (Å²) >= 11 is 1.19. The number of hydrogen-bond acceptors (Lipinski definition) is 5. The summed E-state index contributed by atoms with van der Waals surface area (Å²) in [6.07, 6.45) is 1.56. The zero-order valence-electron chi connectivity index (χ0n) is 16.2. The van der Waals surface area contributed by atoms with Gasteiger partial charge in [-0.25, -0.2) is 9.97 Å². The fourth-order valence-electron chi connectivity index (χ4n) is 3.05. The first-order valence-corrected chi connectivity index (χ1v) is 10.4. The van der Waals surface area contributed by atoms with Crippen molar-refractivity contribution in [1.29, 1.82) is 0 Å². The third kappa shape index (κ3) is 5.35. The number of rotatable bonds is 7. The van der Waals surface area contributed by atoms with Gasteiger partial charge in [0, 0.05) is 22.8 Å². The molecule has 31 heavy (non-hydrogen) atoms. The number of anilines is 1. The smallest absolute Gasteiger partial charge is 0.387 e. The standard InChI is InChI=1S/C23H17F2N3O2S/c24-22(25)30-17-8-3-7-16(13-17)19-11-12-26-23(28-19)31-14-21(29)27-20-10-4-6-15-5-1-2-9-18(15)20/h1-13,22H,14H2,(H,27,29). The summed E-state index contributed by atoms with van der Waals surface area (Å²) in [5, 5.41) is 5.34. The molecule has 1 N–H and O–H groups in total. The number of thioether (sulfide) groups is 1. The lowest BCUT2D eigenvalue weighted by Gasteiger charge is -2.09. The van der Waals surface area contributed by atoms with Crippen LogP contribution in [0.15, 0.2) is 84.1 Å². The highest BCUT2D eigenvalue weighted by Gasteiger charge is 2.10. The van der Waals surface area contributed by atoms with Crippen LogP contribution in [0.2, 0.25) is 0 Å². The van der Waals surface area contributed by atoms with Gasteiger partial charge in [0.2, 0.25) is 5.91 Å². The molecule has 0 bridgehead atoms. The average Bonchev–Trinajstić information content (AvgIpc) is 2.78. The van der Waals surface area contributed by atoms with Gasteiger partial charge in [-0.15, -0.1) is 0 Å². The molecule has 0 atom stereocenters. The average molecular weight is 437 g/mol. The van der Waals surface area contributed by atoms with Gasteiger partial charge in [0.1, 0.15) is 5.75 Å². The maximum atomic E-state index is 12.5. The minimum absolute atomic E-state index is 0.0507. The Hall–Kier alpha value is -3.52. The van der Waals surface area contributed by atoms with Crippen molar-refractivity contribution in [3.63, 3.8) is 0 Å². The lowest BCUT2D eigenvalue weighted by molar-refractivity contribution is -0.113. The molecule has 5 nitrogen and oxygen atoms in total. The molecule has 1 heterocycles. The number of halogens is 2. The van der Waals surface area contributed by atoms with Crippen LogP contribution in [-0.2, 0) is 4.79 Å². The first-order valence-electron chi connectivity index (χ1n) is 9.37. The quantitative estimate of drug-likeness (QED) is 0.300. The van der Waals surface area contributed by atoms with E-state index in [2.05, 4.69) is 20.0 Å². The van der Waals surface area contributed by atoms with Crippen molar-refractivity contribution in [3.8, 4) is 17.0 Å². The van der Waals surface area contributed by atoms with Crippen LogP contribution < -0.4 is 10.1 Å². The highest BCUT2D eigenvalue weighted by Crippen LogP contribution is 2.26. The van der Waals surface area contributed by atoms with Crippen LogP contribution in [0.4, 0.5) is 14.5 Å². The number of fused-ring (bicyclic) bond motifs is 1. The van der Waals surface area contributed by atoms with Gasteiger partial charge in [-0.1, -0.05) is 60.3 Å². The summed E-state index contributed by atoms with van der Waals surface area (Å²) in [6, 6.07) is 21.5. The molecule has 0 aliphatic rings. The molecule has 8 heteroatoms. The molecular weight excluding hydrogens is 420 g/mol. The largest absolute Gasteiger partial charge is 0.435 e. The van der Waals surface area contributed by atoms with Crippen molar-refractivity contribution in [3.05, 3.63) is 79.0 Å². The predicted molar refractivity (Wildman–Crippen MR) is 117 cm³/mol. The summed E-state index contributed by atoms with van der Waals surface area (Å²) in [7, 11) is 0. The van der Waals surface area contributed by atoms with Crippen molar-refractivity contribution in [1.82, 2.24) is 9.97 Å². The second-order valence-electron chi connectivity index (χ2n) is 6.49. The normalized spacial score (nSPS) is 10.9. The van der Waals surface area contributed by atoms with Crippen LogP contribution in [0, 0.1) is 0 Å². The van der Waals surface area contributed by atoms with Gasteiger partial charge in [-0.05, 0) is 29.7 Å². The first-order chi connectivity index (χ1) is 15.1. The molecule has 4 aromatic rings. The first kappa shape index (κ1) is 20.7. The molecule has 4 rings (SSSR count). The second kappa shape index (κ2) is 9.53. The molecule has 0 saturated heterocycles. The summed E-state index contributed by atoms with van der Waals surface area (Å²) < 4.78 is 29.3. The Bertz CT molecular complexity index is 1210. The van der Waals surface area contributed by atoms with E-state index in [1.807, 2.05) is 42.5 Å². The molecule has 0 unspecified atom stereocenters. The third-order valence-corrected chi connectivity index (χ3v) is 5.25. The van der Waals surface area contributed by atoms with E-state index in [4.69, 9.17) is 0 Å². The fourth-order valence-corrected chi connectivity index (χ4v) is 3.68. The Balaban J connectivity index is 1.43. The molecule has 1 aromatic heterocycles. The molecule has 3 aromatic carbocycles. The number of carbonyl (C=O) groups excluding carboxylic acids is 1. The fraction of sp³-hybridized carbons (Fsp3) is 0.0870. The number of hydrogen-bond donors (Lipinski definition) is 1. The van der Waals surface area contributed by atoms with E-state index in [1.165, 1.54) is 23.9 Å². The molecule has 0 radical (unpaired) electrons. The molecule has 0 aliphatic carbocycles. The van der Waals surface area contributed by atoms with Crippen LogP contribution in [-0.4, -0.2) is 28.2 Å². The van der Waals surface area contributed by atoms with Crippen LogP contribution >= 0.6 is 11.8 Å². The summed E-state index contributed by atoms with van der Waals surface area (Å²) in [5.41, 5.74) is 1.91. The van der Waals surface area contributed by atoms with Crippen molar-refractivity contribution >= 4 is 34.1 Å². The van der Waals surface area contributed by atoms with E-state index < -0.39 is 6.61 Å². The van der Waals surface area contributed by atoms with E-state index in [0.717, 1.165) is 16.5 Å². The number of ether oxygens (including phenoxy) is 1. The molecule has 1 amide bonds. The highest BCUT2D eigenvalue weighted by atomic mass is 32.2. The lowest BCUT2D eigenvalue weighted by Crippen LogP contribution is -2.14. The molecule has 156 valence electrons. The van der Waals surface area contributed by atoms with Crippen LogP contribution in [0.1, 0.15) is 0 Å². The van der Waals surface area contributed by atoms with Gasteiger partial charge < -0.3 is 10.1 Å². The number of nitrogens with one attached hydrogen (secondary N) is 1. The Morgan fingerprint density at radius 1 is 1.03 bits per heavy atom. The van der Waals surface area contributed by atoms with Gasteiger partial charge in [-0.3, -0.25) is 4.79 Å². The van der Waals surface area contributed by atoms with E-state index >= 15 is 0 Å². The highest BCUT2D eigenvalue weighted by molar-refractivity contribution is 7.99. The van der Waals surface area contributed by atoms with E-state index in [-0.39, 0.29) is 17.4 Å². The minimum Gasteiger partial charge on any atom is -0.435 e. The zero-order chi connectivity index (χ0) is 21.6. The zero-order valence-corrected chi connectivity index (χ0v) is 17.0. The Kier molecular flexibility index (Phi) is 6.37. The number of aromatic nitrogens is 2. The minimum atomic E-state index is -2.90. The molecular formula is C23H17F2N3O2S. The van der Waals surface area contributed by atoms with E-state index in [0.29, 0.717) is 16.4 Å². The number of carbonyl (C=O) groups is 1. The van der Waals surface area contributed by atoms with Crippen LogP contribution in [0.5, 0.6) is 5.75 Å². The lowest BCUT2D eigenvalue weighted by atomic mass is 10.1. The van der Waals surface area contributed by atoms with Gasteiger partial charge in [-0.2, -0.15) is 8.78 Å². The van der Waals surface area contributed by atoms with Gasteiger partial charge in [0.05, 0.1) is 11.4 Å². The molecule has 0 fully saturated rings. The van der Waals surface area contributed by atoms with Crippen molar-refractivity contribution in [2.75, 3.05) is 11.1 Å². The number of nitrogens with zero attached hydrogens (tertiary/aromatic N) is 2. The van der Waals surface area contributed by atoms with Crippen molar-refractivity contribution in [2.45, 2.75) is 11.8 Å². The molecule has 0 aliphatic heterocycles. The SMILES string of the molecule is O=C(CSc1nccc(-c2cccc(OC(F)F)c2)n1)Nc1cccc2ccccc12. The molecule has 0 spiro atoms. The Morgan fingerprint density at radius 2 is 1.84 bits per heavy atom. The summed E-state index contributed by atoms with van der Waals surface area (Å²) in [4.78, 5) is 21.1. The monoisotopic (exact) mass is 437 g/mol. The Morgan fingerprint density at radius 3 is 2.71 bits per heavy atom. The van der Waals surface area contributed by atoms with Crippen LogP contribution in [0.25, 0.3) is 22.0 Å². The number of benzene rings is 3. The van der Waals surface area contributed by atoms with Crippen molar-refractivity contribution in [2.24, 2.45) is 0 Å². The van der Waals surface area contributed by atoms with E-state index in [1.54, 1.807) is 24.4 Å². The van der Waals surface area contributed by atoms with Gasteiger partial charge >= 0.3 is 6.61 Å². The maximum Gasteiger partial charge on any atom is 0.387 e. The van der Waals surface area contributed by atoms with Crippen molar-refractivity contribution < 1.29 is 18.3 Å². The topological polar surface area (TPSA) is 64.1 Å². The van der Waals surface area contributed by atoms with Gasteiger partial charge in [0.15, 0.2) is 5.16 Å². The van der Waals surface area contributed by atoms with Gasteiger partial charge in [0.25, 0.3) is 0 Å². The number of amides is 1. The number of alkyl halides is 2. The summed E-state index contributed by atoms with van der Waals surface area (Å²) in [5.74, 6) is -0.00115. The van der Waals surface area contributed by atoms with Crippen LogP contribution in [0.3, 0.4) is 0 Å².